The van der Waals surface area contributed by atoms with Crippen LogP contribution >= 0.6 is 28.1 Å². The summed E-state index contributed by atoms with van der Waals surface area (Å²) in [6.07, 6.45) is 0. The van der Waals surface area contributed by atoms with E-state index in [0.29, 0.717) is 38.3 Å². The number of aromatic nitrogens is 1. The molecule has 144 valence electrons. The first-order chi connectivity index (χ1) is 14.0. The standard InChI is InChI=1S/C21H13BrFN3O2S/c22-16-4-2-1-3-15(16)19(27)26-21(29)24-14-9-10-18-17(11-14)25-20(28-18)12-5-7-13(23)8-6-12/h1-11H,(H2,24,26,27,29). The van der Waals surface area contributed by atoms with Gasteiger partial charge < -0.3 is 9.73 Å². The van der Waals surface area contributed by atoms with Gasteiger partial charge in [0.15, 0.2) is 10.7 Å². The monoisotopic (exact) mass is 469 g/mol. The molecule has 0 saturated heterocycles. The van der Waals surface area contributed by atoms with Gasteiger partial charge in [-0.25, -0.2) is 9.37 Å². The van der Waals surface area contributed by atoms with Crippen LogP contribution in [0, 0.1) is 5.82 Å². The van der Waals surface area contributed by atoms with Gasteiger partial charge in [-0.15, -0.1) is 0 Å². The number of carbonyl (C=O) groups excluding carboxylic acids is 1. The molecule has 0 saturated carbocycles. The van der Waals surface area contributed by atoms with Gasteiger partial charge in [0, 0.05) is 15.7 Å². The van der Waals surface area contributed by atoms with E-state index >= 15 is 0 Å². The van der Waals surface area contributed by atoms with Crippen molar-refractivity contribution in [1.82, 2.24) is 10.3 Å². The lowest BCUT2D eigenvalue weighted by molar-refractivity contribution is 0.0977. The molecule has 0 fully saturated rings. The Kier molecular flexibility index (Phi) is 5.37. The van der Waals surface area contributed by atoms with Crippen molar-refractivity contribution in [2.45, 2.75) is 0 Å². The molecule has 4 aromatic rings. The fraction of sp³-hybridized carbons (Fsp3) is 0. The average molecular weight is 470 g/mol. The average Bonchev–Trinajstić information content (AvgIpc) is 3.12. The molecule has 1 heterocycles. The lowest BCUT2D eigenvalue weighted by Gasteiger charge is -2.10. The highest BCUT2D eigenvalue weighted by molar-refractivity contribution is 9.10. The molecule has 0 aliphatic heterocycles. The molecule has 0 spiro atoms. The molecule has 0 radical (unpaired) electrons. The molecular weight excluding hydrogens is 457 g/mol. The van der Waals surface area contributed by atoms with Crippen molar-refractivity contribution in [3.8, 4) is 11.5 Å². The lowest BCUT2D eigenvalue weighted by atomic mass is 10.2. The number of oxazole rings is 1. The second kappa shape index (κ2) is 8.10. The number of nitrogens with zero attached hydrogens (tertiary/aromatic N) is 1. The Bertz CT molecular complexity index is 1220. The van der Waals surface area contributed by atoms with Gasteiger partial charge in [-0.2, -0.15) is 0 Å². The number of rotatable bonds is 3. The number of carbonyl (C=O) groups is 1. The van der Waals surface area contributed by atoms with Crippen molar-refractivity contribution < 1.29 is 13.6 Å². The van der Waals surface area contributed by atoms with Crippen molar-refractivity contribution in [3.05, 3.63) is 82.6 Å². The van der Waals surface area contributed by atoms with E-state index in [4.69, 9.17) is 16.6 Å². The van der Waals surface area contributed by atoms with Crippen LogP contribution in [-0.4, -0.2) is 16.0 Å². The summed E-state index contributed by atoms with van der Waals surface area (Å²) in [5.74, 6) is -0.257. The predicted molar refractivity (Wildman–Crippen MR) is 117 cm³/mol. The third-order valence-corrected chi connectivity index (χ3v) is 4.98. The number of hydrogen-bond donors (Lipinski definition) is 2. The molecule has 5 nitrogen and oxygen atoms in total. The van der Waals surface area contributed by atoms with Crippen molar-refractivity contribution in [2.75, 3.05) is 5.32 Å². The molecule has 0 unspecified atom stereocenters. The highest BCUT2D eigenvalue weighted by Gasteiger charge is 2.12. The van der Waals surface area contributed by atoms with Gasteiger partial charge in [0.1, 0.15) is 11.3 Å². The summed E-state index contributed by atoms with van der Waals surface area (Å²) in [5.41, 5.74) is 2.99. The number of benzene rings is 3. The Morgan fingerprint density at radius 2 is 1.83 bits per heavy atom. The summed E-state index contributed by atoms with van der Waals surface area (Å²) < 4.78 is 19.5. The van der Waals surface area contributed by atoms with Gasteiger partial charge in [-0.1, -0.05) is 12.1 Å². The second-order valence-corrected chi connectivity index (χ2v) is 7.36. The van der Waals surface area contributed by atoms with Crippen LogP contribution in [0.4, 0.5) is 10.1 Å². The number of fused-ring (bicyclic) bond motifs is 1. The van der Waals surface area contributed by atoms with Crippen molar-refractivity contribution in [2.24, 2.45) is 0 Å². The first-order valence-corrected chi connectivity index (χ1v) is 9.73. The maximum Gasteiger partial charge on any atom is 0.258 e. The number of amides is 1. The van der Waals surface area contributed by atoms with Crippen LogP contribution in [0.15, 0.2) is 75.6 Å². The van der Waals surface area contributed by atoms with Gasteiger partial charge in [0.2, 0.25) is 5.89 Å². The molecule has 0 bridgehead atoms. The first-order valence-electron chi connectivity index (χ1n) is 8.53. The van der Waals surface area contributed by atoms with Gasteiger partial charge in [-0.3, -0.25) is 10.1 Å². The van der Waals surface area contributed by atoms with Gasteiger partial charge in [0.05, 0.1) is 5.56 Å². The van der Waals surface area contributed by atoms with Gasteiger partial charge >= 0.3 is 0 Å². The Labute approximate surface area is 179 Å². The zero-order valence-corrected chi connectivity index (χ0v) is 17.2. The van der Waals surface area contributed by atoms with Crippen LogP contribution in [0.5, 0.6) is 0 Å². The molecular formula is C21H13BrFN3O2S. The van der Waals surface area contributed by atoms with Gasteiger partial charge in [0.25, 0.3) is 5.91 Å². The van der Waals surface area contributed by atoms with E-state index in [2.05, 4.69) is 31.5 Å². The highest BCUT2D eigenvalue weighted by atomic mass is 79.9. The van der Waals surface area contributed by atoms with E-state index in [1.165, 1.54) is 12.1 Å². The van der Waals surface area contributed by atoms with Crippen LogP contribution in [0.25, 0.3) is 22.6 Å². The molecule has 2 N–H and O–H groups in total. The van der Waals surface area contributed by atoms with Crippen LogP contribution < -0.4 is 10.6 Å². The number of halogens is 2. The van der Waals surface area contributed by atoms with Gasteiger partial charge in [-0.05, 0) is 82.7 Å². The summed E-state index contributed by atoms with van der Waals surface area (Å²) in [4.78, 5) is 16.8. The Hall–Kier alpha value is -3.10. The highest BCUT2D eigenvalue weighted by Crippen LogP contribution is 2.26. The summed E-state index contributed by atoms with van der Waals surface area (Å²) >= 11 is 8.58. The SMILES string of the molecule is O=C(NC(=S)Nc1ccc2oc(-c3ccc(F)cc3)nc2c1)c1ccccc1Br. The normalized spacial score (nSPS) is 10.7. The van der Waals surface area contributed by atoms with E-state index in [1.807, 2.05) is 6.07 Å². The quantitative estimate of drug-likeness (QED) is 0.386. The molecule has 1 aromatic heterocycles. The first kappa shape index (κ1) is 19.2. The molecule has 4 rings (SSSR count). The summed E-state index contributed by atoms with van der Waals surface area (Å²) in [7, 11) is 0. The van der Waals surface area contributed by atoms with Crippen LogP contribution in [0.1, 0.15) is 10.4 Å². The zero-order valence-electron chi connectivity index (χ0n) is 14.8. The van der Waals surface area contributed by atoms with E-state index < -0.39 is 0 Å². The van der Waals surface area contributed by atoms with Crippen molar-refractivity contribution >= 4 is 56.0 Å². The zero-order chi connectivity index (χ0) is 20.4. The summed E-state index contributed by atoms with van der Waals surface area (Å²) in [6, 6.07) is 18.2. The van der Waals surface area contributed by atoms with E-state index in [1.54, 1.807) is 48.5 Å². The molecule has 3 aromatic carbocycles. The Morgan fingerprint density at radius 3 is 2.59 bits per heavy atom. The third-order valence-electron chi connectivity index (χ3n) is 4.08. The van der Waals surface area contributed by atoms with Crippen LogP contribution in [0.2, 0.25) is 0 Å². The van der Waals surface area contributed by atoms with Crippen LogP contribution in [0.3, 0.4) is 0 Å². The van der Waals surface area contributed by atoms with E-state index in [9.17, 15) is 9.18 Å². The topological polar surface area (TPSA) is 67.2 Å². The fourth-order valence-electron chi connectivity index (χ4n) is 2.70. The Balaban J connectivity index is 1.49. The minimum atomic E-state index is -0.325. The number of nitrogens with one attached hydrogen (secondary N) is 2. The molecule has 0 aliphatic rings. The molecule has 1 amide bonds. The summed E-state index contributed by atoms with van der Waals surface area (Å²) in [6.45, 7) is 0. The van der Waals surface area contributed by atoms with Crippen LogP contribution in [-0.2, 0) is 0 Å². The Morgan fingerprint density at radius 1 is 1.07 bits per heavy atom. The molecule has 29 heavy (non-hydrogen) atoms. The maximum atomic E-state index is 13.1. The minimum absolute atomic E-state index is 0.160. The molecule has 0 aliphatic carbocycles. The third kappa shape index (κ3) is 4.33. The largest absolute Gasteiger partial charge is 0.436 e. The lowest BCUT2D eigenvalue weighted by Crippen LogP contribution is -2.34. The molecule has 0 atom stereocenters. The fourth-order valence-corrected chi connectivity index (χ4v) is 3.37. The van der Waals surface area contributed by atoms with E-state index in [0.717, 1.165) is 0 Å². The van der Waals surface area contributed by atoms with Crippen molar-refractivity contribution in [3.63, 3.8) is 0 Å². The predicted octanol–water partition coefficient (Wildman–Crippen LogP) is 5.52. The second-order valence-electron chi connectivity index (χ2n) is 6.10. The molecule has 8 heteroatoms. The van der Waals surface area contributed by atoms with Crippen molar-refractivity contribution in [1.29, 1.82) is 0 Å². The maximum absolute atomic E-state index is 13.1. The number of thiocarbonyl (C=S) groups is 1. The number of hydrogen-bond acceptors (Lipinski definition) is 4. The van der Waals surface area contributed by atoms with E-state index in [-0.39, 0.29) is 16.8 Å². The summed E-state index contributed by atoms with van der Waals surface area (Å²) in [5, 5.41) is 5.77. The minimum Gasteiger partial charge on any atom is -0.436 e. The number of anilines is 1. The smallest absolute Gasteiger partial charge is 0.258 e.